The van der Waals surface area contributed by atoms with E-state index in [4.69, 9.17) is 17.3 Å². The summed E-state index contributed by atoms with van der Waals surface area (Å²) in [7, 11) is 0. The SMILES string of the molecule is CC(=O)N1CCCN(C(=O)Cn2nc(C(N)=O)c3ccccc32)C(C(=O)NCc2cccc(Cl)c2F)C1. The van der Waals surface area contributed by atoms with Gasteiger partial charge in [0.25, 0.3) is 5.91 Å². The first kappa shape index (κ1) is 26.1. The summed E-state index contributed by atoms with van der Waals surface area (Å²) in [6.45, 7) is 1.58. The highest BCUT2D eigenvalue weighted by molar-refractivity contribution is 6.30. The molecule has 2 heterocycles. The van der Waals surface area contributed by atoms with Gasteiger partial charge in [-0.1, -0.05) is 41.9 Å². The van der Waals surface area contributed by atoms with E-state index < -0.39 is 29.6 Å². The number of carbonyl (C=O) groups is 4. The molecule has 12 heteroatoms. The van der Waals surface area contributed by atoms with Gasteiger partial charge in [-0.15, -0.1) is 0 Å². The number of primary amides is 1. The van der Waals surface area contributed by atoms with E-state index in [1.165, 1.54) is 33.5 Å². The van der Waals surface area contributed by atoms with Gasteiger partial charge in [-0.2, -0.15) is 5.10 Å². The second-order valence-electron chi connectivity index (χ2n) is 8.74. The zero-order valence-corrected chi connectivity index (χ0v) is 20.9. The molecular formula is C25H26ClFN6O4. The molecule has 4 amide bonds. The van der Waals surface area contributed by atoms with Crippen molar-refractivity contribution in [2.45, 2.75) is 32.5 Å². The number of hydrogen-bond acceptors (Lipinski definition) is 5. The normalized spacial score (nSPS) is 15.9. The molecule has 0 spiro atoms. The zero-order valence-electron chi connectivity index (χ0n) is 20.1. The van der Waals surface area contributed by atoms with Gasteiger partial charge in [-0.05, 0) is 18.6 Å². The standard InChI is InChI=1S/C25H26ClFN6O4/c1-15(34)31-10-5-11-32(20(13-31)25(37)29-12-16-6-4-8-18(26)22(16)27)21(35)14-33-19-9-3-2-7-17(19)23(30-33)24(28)36/h2-4,6-9,20H,5,10-14H2,1H3,(H2,28,36)(H,29,37). The predicted octanol–water partition coefficient (Wildman–Crippen LogP) is 1.69. The van der Waals surface area contributed by atoms with Crippen LogP contribution in [0, 0.1) is 5.82 Å². The molecule has 0 bridgehead atoms. The molecule has 3 aromatic rings. The van der Waals surface area contributed by atoms with E-state index >= 15 is 0 Å². The van der Waals surface area contributed by atoms with Gasteiger partial charge in [0, 0.05) is 37.5 Å². The molecule has 1 unspecified atom stereocenters. The van der Waals surface area contributed by atoms with Crippen LogP contribution >= 0.6 is 11.6 Å². The van der Waals surface area contributed by atoms with Crippen LogP contribution in [0.2, 0.25) is 5.02 Å². The third kappa shape index (κ3) is 5.56. The van der Waals surface area contributed by atoms with Crippen LogP contribution in [0.15, 0.2) is 42.5 Å². The maximum absolute atomic E-state index is 14.3. The number of hydrogen-bond donors (Lipinski definition) is 2. The lowest BCUT2D eigenvalue weighted by molar-refractivity contribution is -0.142. The first-order valence-corrected chi connectivity index (χ1v) is 12.1. The average molecular weight is 529 g/mol. The molecule has 1 aliphatic rings. The number of fused-ring (bicyclic) bond motifs is 1. The second-order valence-corrected chi connectivity index (χ2v) is 9.15. The van der Waals surface area contributed by atoms with E-state index in [0.717, 1.165) is 0 Å². The van der Waals surface area contributed by atoms with Gasteiger partial charge in [0.1, 0.15) is 18.4 Å². The van der Waals surface area contributed by atoms with E-state index in [1.54, 1.807) is 30.3 Å². The van der Waals surface area contributed by atoms with Crippen molar-refractivity contribution < 1.29 is 23.6 Å². The number of nitrogens with zero attached hydrogens (tertiary/aromatic N) is 4. The van der Waals surface area contributed by atoms with Gasteiger partial charge in [0.15, 0.2) is 5.69 Å². The second kappa shape index (κ2) is 11.0. The summed E-state index contributed by atoms with van der Waals surface area (Å²) in [4.78, 5) is 53.7. The van der Waals surface area contributed by atoms with Crippen LogP contribution in [0.25, 0.3) is 10.9 Å². The molecule has 0 aliphatic carbocycles. The fourth-order valence-electron chi connectivity index (χ4n) is 4.43. The maximum Gasteiger partial charge on any atom is 0.269 e. The molecule has 0 radical (unpaired) electrons. The highest BCUT2D eigenvalue weighted by Crippen LogP contribution is 2.20. The van der Waals surface area contributed by atoms with Crippen LogP contribution in [0.4, 0.5) is 4.39 Å². The molecule has 10 nitrogen and oxygen atoms in total. The number of para-hydroxylation sites is 1. The summed E-state index contributed by atoms with van der Waals surface area (Å²) >= 11 is 5.84. The Morgan fingerprint density at radius 3 is 2.62 bits per heavy atom. The van der Waals surface area contributed by atoms with Crippen LogP contribution in [0.5, 0.6) is 0 Å². The van der Waals surface area contributed by atoms with E-state index in [1.807, 2.05) is 0 Å². The molecule has 4 rings (SSSR count). The summed E-state index contributed by atoms with van der Waals surface area (Å²) in [6, 6.07) is 10.3. The summed E-state index contributed by atoms with van der Waals surface area (Å²) in [5, 5.41) is 7.34. The van der Waals surface area contributed by atoms with Gasteiger partial charge in [0.05, 0.1) is 17.1 Å². The first-order chi connectivity index (χ1) is 17.7. The molecule has 0 saturated carbocycles. The van der Waals surface area contributed by atoms with Crippen molar-refractivity contribution in [1.29, 1.82) is 0 Å². The van der Waals surface area contributed by atoms with Crippen molar-refractivity contribution in [3.05, 3.63) is 64.6 Å². The monoisotopic (exact) mass is 528 g/mol. The minimum Gasteiger partial charge on any atom is -0.364 e. The van der Waals surface area contributed by atoms with Crippen LogP contribution in [-0.4, -0.2) is 68.9 Å². The lowest BCUT2D eigenvalue weighted by Crippen LogP contribution is -2.54. The summed E-state index contributed by atoms with van der Waals surface area (Å²) in [6.07, 6.45) is 0.463. The fraction of sp³-hybridized carbons (Fsp3) is 0.320. The topological polar surface area (TPSA) is 131 Å². The minimum atomic E-state index is -1.02. The first-order valence-electron chi connectivity index (χ1n) is 11.7. The number of amides is 4. The third-order valence-corrected chi connectivity index (χ3v) is 6.62. The zero-order chi connectivity index (χ0) is 26.7. The molecule has 37 heavy (non-hydrogen) atoms. The van der Waals surface area contributed by atoms with Crippen molar-refractivity contribution in [3.63, 3.8) is 0 Å². The van der Waals surface area contributed by atoms with Gasteiger partial charge in [0.2, 0.25) is 17.7 Å². The van der Waals surface area contributed by atoms with E-state index in [0.29, 0.717) is 23.9 Å². The Morgan fingerprint density at radius 1 is 1.14 bits per heavy atom. The molecule has 1 saturated heterocycles. The van der Waals surface area contributed by atoms with Gasteiger partial charge >= 0.3 is 0 Å². The minimum absolute atomic E-state index is 0.0165. The lowest BCUT2D eigenvalue weighted by Gasteiger charge is -2.30. The van der Waals surface area contributed by atoms with Crippen molar-refractivity contribution >= 4 is 46.1 Å². The van der Waals surface area contributed by atoms with Crippen LogP contribution in [0.1, 0.15) is 29.4 Å². The van der Waals surface area contributed by atoms with E-state index in [2.05, 4.69) is 10.4 Å². The molecular weight excluding hydrogens is 503 g/mol. The fourth-order valence-corrected chi connectivity index (χ4v) is 4.62. The quantitative estimate of drug-likeness (QED) is 0.503. The number of carbonyl (C=O) groups excluding carboxylic acids is 4. The highest BCUT2D eigenvalue weighted by Gasteiger charge is 2.35. The predicted molar refractivity (Wildman–Crippen MR) is 134 cm³/mol. The lowest BCUT2D eigenvalue weighted by atomic mass is 10.1. The molecule has 194 valence electrons. The van der Waals surface area contributed by atoms with E-state index in [-0.39, 0.29) is 48.4 Å². The number of halogens is 2. The largest absolute Gasteiger partial charge is 0.364 e. The van der Waals surface area contributed by atoms with Crippen LogP contribution < -0.4 is 11.1 Å². The summed E-state index contributed by atoms with van der Waals surface area (Å²) in [5.41, 5.74) is 6.24. The molecule has 2 aromatic carbocycles. The Balaban J connectivity index is 1.59. The van der Waals surface area contributed by atoms with Crippen LogP contribution in [0.3, 0.4) is 0 Å². The molecule has 1 atom stereocenters. The number of aromatic nitrogens is 2. The summed E-state index contributed by atoms with van der Waals surface area (Å²) in [5.74, 6) is -2.55. The molecule has 1 aliphatic heterocycles. The number of nitrogens with two attached hydrogens (primary N) is 1. The number of benzene rings is 2. The van der Waals surface area contributed by atoms with Gasteiger partial charge < -0.3 is 20.9 Å². The third-order valence-electron chi connectivity index (χ3n) is 6.33. The smallest absolute Gasteiger partial charge is 0.269 e. The van der Waals surface area contributed by atoms with Crippen molar-refractivity contribution in [2.75, 3.05) is 19.6 Å². The number of nitrogens with one attached hydrogen (secondary N) is 1. The van der Waals surface area contributed by atoms with Crippen molar-refractivity contribution in [1.82, 2.24) is 24.9 Å². The van der Waals surface area contributed by atoms with Crippen molar-refractivity contribution in [3.8, 4) is 0 Å². The maximum atomic E-state index is 14.3. The Kier molecular flexibility index (Phi) is 7.72. The molecule has 3 N–H and O–H groups in total. The Labute approximate surface area is 217 Å². The Bertz CT molecular complexity index is 1380. The molecule has 1 fully saturated rings. The van der Waals surface area contributed by atoms with E-state index in [9.17, 15) is 23.6 Å². The molecule has 1 aromatic heterocycles. The highest BCUT2D eigenvalue weighted by atomic mass is 35.5. The Hall–Kier alpha value is -3.99. The summed E-state index contributed by atoms with van der Waals surface area (Å²) < 4.78 is 15.7. The van der Waals surface area contributed by atoms with Gasteiger partial charge in [-0.3, -0.25) is 23.9 Å². The van der Waals surface area contributed by atoms with Crippen molar-refractivity contribution in [2.24, 2.45) is 5.73 Å². The average Bonchev–Trinajstić information content (AvgIpc) is 3.07. The number of rotatable bonds is 6. The Morgan fingerprint density at radius 2 is 1.89 bits per heavy atom. The van der Waals surface area contributed by atoms with Gasteiger partial charge in [-0.25, -0.2) is 4.39 Å². The van der Waals surface area contributed by atoms with Crippen LogP contribution in [-0.2, 0) is 27.5 Å².